The molecule has 5 rings (SSSR count). The summed E-state index contributed by atoms with van der Waals surface area (Å²) in [6.07, 6.45) is 4.51. The number of aryl methyl sites for hydroxylation is 2. The first-order valence-corrected chi connectivity index (χ1v) is 13.3. The maximum Gasteiger partial charge on any atom is 0.267 e. The molecule has 9 heteroatoms. The predicted octanol–water partition coefficient (Wildman–Crippen LogP) is 5.54. The van der Waals surface area contributed by atoms with Gasteiger partial charge in [-0.05, 0) is 67.5 Å². The van der Waals surface area contributed by atoms with Crippen LogP contribution in [0.4, 0.5) is 0 Å². The number of carbonyl (C=O) groups excluding carboxylic acids is 1. The number of thioether (sulfide) groups is 1. The molecule has 34 heavy (non-hydrogen) atoms. The molecule has 0 fully saturated rings. The smallest absolute Gasteiger partial charge is 0.267 e. The fourth-order valence-electron chi connectivity index (χ4n) is 4.20. The van der Waals surface area contributed by atoms with E-state index in [-0.39, 0.29) is 17.2 Å². The molecule has 0 aliphatic heterocycles. The second-order valence-corrected chi connectivity index (χ2v) is 11.1. The van der Waals surface area contributed by atoms with Crippen LogP contribution in [0, 0.1) is 12.8 Å². The molecule has 6 nitrogen and oxygen atoms in total. The first-order chi connectivity index (χ1) is 16.4. The number of hydrogen-bond acceptors (Lipinski definition) is 6. The van der Waals surface area contributed by atoms with Gasteiger partial charge in [0, 0.05) is 9.90 Å². The molecule has 1 N–H and O–H groups in total. The highest BCUT2D eigenvalue weighted by molar-refractivity contribution is 7.99. The quantitative estimate of drug-likeness (QED) is 0.271. The van der Waals surface area contributed by atoms with Crippen LogP contribution in [0.3, 0.4) is 0 Å². The Bertz CT molecular complexity index is 1430. The van der Waals surface area contributed by atoms with Crippen molar-refractivity contribution in [2.75, 3.05) is 5.75 Å². The lowest BCUT2D eigenvalue weighted by molar-refractivity contribution is -0.118. The minimum Gasteiger partial charge on any atom is -0.467 e. The molecule has 4 aromatic rings. The van der Waals surface area contributed by atoms with E-state index in [1.807, 2.05) is 19.1 Å². The van der Waals surface area contributed by atoms with Crippen LogP contribution in [0.2, 0.25) is 5.02 Å². The predicted molar refractivity (Wildman–Crippen MR) is 137 cm³/mol. The van der Waals surface area contributed by atoms with Gasteiger partial charge in [-0.1, -0.05) is 36.4 Å². The number of furan rings is 1. The lowest BCUT2D eigenvalue weighted by Crippen LogP contribution is -2.26. The van der Waals surface area contributed by atoms with Crippen LogP contribution in [0.15, 0.2) is 51.0 Å². The summed E-state index contributed by atoms with van der Waals surface area (Å²) in [5, 5.41) is 4.61. The number of rotatable bonds is 6. The molecule has 0 radical (unpaired) electrons. The van der Waals surface area contributed by atoms with Crippen LogP contribution in [-0.2, 0) is 24.2 Å². The lowest BCUT2D eigenvalue weighted by Gasteiger charge is -2.18. The minimum absolute atomic E-state index is 0.101. The van der Waals surface area contributed by atoms with Crippen LogP contribution in [0.5, 0.6) is 0 Å². The monoisotopic (exact) mass is 513 g/mol. The molecule has 1 aliphatic rings. The van der Waals surface area contributed by atoms with Gasteiger partial charge < -0.3 is 9.73 Å². The minimum atomic E-state index is -0.163. The fraction of sp³-hybridized carbons (Fsp3) is 0.320. The lowest BCUT2D eigenvalue weighted by atomic mass is 9.89. The normalized spacial score (nSPS) is 15.4. The van der Waals surface area contributed by atoms with Crippen molar-refractivity contribution >= 4 is 50.8 Å². The van der Waals surface area contributed by atoms with Gasteiger partial charge in [0.1, 0.15) is 10.6 Å². The van der Waals surface area contributed by atoms with Gasteiger partial charge in [-0.15, -0.1) is 11.3 Å². The molecule has 3 heterocycles. The summed E-state index contributed by atoms with van der Waals surface area (Å²) in [6.45, 7) is 4.48. The molecule has 1 aliphatic carbocycles. The Balaban J connectivity index is 1.53. The zero-order valence-electron chi connectivity index (χ0n) is 18.9. The number of nitrogens with one attached hydrogen (secondary N) is 1. The van der Waals surface area contributed by atoms with Crippen LogP contribution in [0.25, 0.3) is 15.9 Å². The Labute approximate surface area is 210 Å². The average molecular weight is 514 g/mol. The SMILES string of the molecule is Cc1ccc(-n2c(SCC(=O)NCc3ccco3)nc3sc4c(c3c2=O)CC[C@H](C)C4)cc1Cl. The highest BCUT2D eigenvalue weighted by Crippen LogP contribution is 2.37. The summed E-state index contributed by atoms with van der Waals surface area (Å²) in [5.74, 6) is 1.25. The number of nitrogens with zero attached hydrogens (tertiary/aromatic N) is 2. The number of benzene rings is 1. The van der Waals surface area contributed by atoms with Crippen molar-refractivity contribution in [2.24, 2.45) is 5.92 Å². The van der Waals surface area contributed by atoms with Gasteiger partial charge in [0.15, 0.2) is 5.16 Å². The highest BCUT2D eigenvalue weighted by Gasteiger charge is 2.25. The van der Waals surface area contributed by atoms with E-state index in [2.05, 4.69) is 12.2 Å². The van der Waals surface area contributed by atoms with Gasteiger partial charge in [-0.3, -0.25) is 14.2 Å². The van der Waals surface area contributed by atoms with Gasteiger partial charge >= 0.3 is 0 Å². The number of carbonyl (C=O) groups is 1. The van der Waals surface area contributed by atoms with Crippen molar-refractivity contribution in [1.29, 1.82) is 0 Å². The van der Waals surface area contributed by atoms with E-state index in [0.29, 0.717) is 39.5 Å². The molecule has 0 spiro atoms. The van der Waals surface area contributed by atoms with Gasteiger partial charge in [0.05, 0.1) is 29.6 Å². The van der Waals surface area contributed by atoms with Crippen molar-refractivity contribution in [2.45, 2.75) is 44.8 Å². The van der Waals surface area contributed by atoms with E-state index in [0.717, 1.165) is 35.2 Å². The van der Waals surface area contributed by atoms with Crippen LogP contribution in [0.1, 0.15) is 35.1 Å². The summed E-state index contributed by atoms with van der Waals surface area (Å²) in [6, 6.07) is 9.14. The van der Waals surface area contributed by atoms with Gasteiger partial charge in [0.2, 0.25) is 5.91 Å². The maximum absolute atomic E-state index is 13.8. The summed E-state index contributed by atoms with van der Waals surface area (Å²) >= 11 is 9.25. The van der Waals surface area contributed by atoms with Crippen molar-refractivity contribution in [3.05, 3.63) is 73.7 Å². The van der Waals surface area contributed by atoms with Crippen LogP contribution < -0.4 is 10.9 Å². The number of hydrogen-bond donors (Lipinski definition) is 1. The van der Waals surface area contributed by atoms with E-state index in [4.69, 9.17) is 21.0 Å². The fourth-order valence-corrected chi connectivity index (χ4v) is 6.64. The zero-order chi connectivity index (χ0) is 23.8. The first kappa shape index (κ1) is 23.2. The first-order valence-electron chi connectivity index (χ1n) is 11.2. The number of amides is 1. The number of halogens is 1. The summed E-state index contributed by atoms with van der Waals surface area (Å²) in [7, 11) is 0. The molecule has 0 bridgehead atoms. The molecule has 0 saturated carbocycles. The molecule has 0 unspecified atom stereocenters. The second kappa shape index (κ2) is 9.60. The number of aromatic nitrogens is 2. The Kier molecular flexibility index (Phi) is 6.55. The Morgan fingerprint density at radius 1 is 1.38 bits per heavy atom. The number of fused-ring (bicyclic) bond motifs is 3. The summed E-state index contributed by atoms with van der Waals surface area (Å²) < 4.78 is 6.87. The van der Waals surface area contributed by atoms with Crippen molar-refractivity contribution < 1.29 is 9.21 Å². The van der Waals surface area contributed by atoms with Gasteiger partial charge in [-0.2, -0.15) is 0 Å². The Morgan fingerprint density at radius 2 is 2.24 bits per heavy atom. The third-order valence-corrected chi connectivity index (χ3v) is 8.58. The topological polar surface area (TPSA) is 77.1 Å². The molecule has 176 valence electrons. The molecule has 1 atom stereocenters. The molecule has 1 amide bonds. The van der Waals surface area contributed by atoms with Crippen molar-refractivity contribution in [3.63, 3.8) is 0 Å². The van der Waals surface area contributed by atoms with Crippen molar-refractivity contribution in [3.8, 4) is 5.69 Å². The number of thiophene rings is 1. The molecular weight excluding hydrogens is 490 g/mol. The summed E-state index contributed by atoms with van der Waals surface area (Å²) in [5.41, 5.74) is 2.62. The molecular formula is C25H24ClN3O3S2. The van der Waals surface area contributed by atoms with E-state index >= 15 is 0 Å². The van der Waals surface area contributed by atoms with Gasteiger partial charge in [-0.25, -0.2) is 4.98 Å². The van der Waals surface area contributed by atoms with E-state index in [1.54, 1.807) is 40.4 Å². The zero-order valence-corrected chi connectivity index (χ0v) is 21.3. The Morgan fingerprint density at radius 3 is 3.00 bits per heavy atom. The molecule has 1 aromatic carbocycles. The van der Waals surface area contributed by atoms with Crippen LogP contribution in [-0.4, -0.2) is 21.2 Å². The third kappa shape index (κ3) is 4.54. The average Bonchev–Trinajstić information content (AvgIpc) is 3.45. The second-order valence-electron chi connectivity index (χ2n) is 8.65. The van der Waals surface area contributed by atoms with Crippen molar-refractivity contribution in [1.82, 2.24) is 14.9 Å². The molecule has 0 saturated heterocycles. The van der Waals surface area contributed by atoms with E-state index < -0.39 is 0 Å². The Hall–Kier alpha value is -2.55. The largest absolute Gasteiger partial charge is 0.467 e. The third-order valence-electron chi connectivity index (χ3n) is 6.08. The van der Waals surface area contributed by atoms with Crippen LogP contribution >= 0.6 is 34.7 Å². The van der Waals surface area contributed by atoms with Gasteiger partial charge in [0.25, 0.3) is 5.56 Å². The standard InChI is InChI=1S/C25H24ClN3O3S2/c1-14-5-8-18-20(10-14)34-23-22(18)24(31)29(16-7-6-15(2)19(26)11-16)25(28-23)33-13-21(30)27-12-17-4-3-9-32-17/h3-4,6-7,9,11,14H,5,8,10,12-13H2,1-2H3,(H,27,30)/t14-/m0/s1. The summed E-state index contributed by atoms with van der Waals surface area (Å²) in [4.78, 5) is 33.2. The van der Waals surface area contributed by atoms with E-state index in [9.17, 15) is 9.59 Å². The maximum atomic E-state index is 13.8. The molecule has 3 aromatic heterocycles. The van der Waals surface area contributed by atoms with E-state index in [1.165, 1.54) is 16.6 Å². The highest BCUT2D eigenvalue weighted by atomic mass is 35.5.